The predicted molar refractivity (Wildman–Crippen MR) is 176 cm³/mol. The first-order valence-electron chi connectivity index (χ1n) is 15.0. The van der Waals surface area contributed by atoms with Gasteiger partial charge in [-0.3, -0.25) is 4.90 Å². The fourth-order valence-corrected chi connectivity index (χ4v) is 5.29. The molecule has 224 valence electrons. The summed E-state index contributed by atoms with van der Waals surface area (Å²) >= 11 is 0. The molecule has 0 radical (unpaired) electrons. The first kappa shape index (κ1) is 30.2. The number of likely N-dealkylation sites (N-methyl/N-ethyl adjacent to an activating group) is 2. The van der Waals surface area contributed by atoms with Gasteiger partial charge in [-0.15, -0.1) is 0 Å². The Kier molecular flexibility index (Phi) is 10.8. The molecule has 0 saturated heterocycles. The van der Waals surface area contributed by atoms with Crippen LogP contribution in [0.2, 0.25) is 0 Å². The number of aromatic amines is 1. The van der Waals surface area contributed by atoms with E-state index in [1.165, 1.54) is 22.1 Å². The van der Waals surface area contributed by atoms with E-state index in [1.807, 2.05) is 54.9 Å². The van der Waals surface area contributed by atoms with Crippen molar-refractivity contribution in [3.8, 4) is 0 Å². The molecular weight excluding hydrogens is 534 g/mol. The van der Waals surface area contributed by atoms with Crippen LogP contribution in [-0.2, 0) is 19.5 Å². The first-order valence-corrected chi connectivity index (χ1v) is 15.0. The summed E-state index contributed by atoms with van der Waals surface area (Å²) in [5.74, 6) is 1.96. The molecule has 3 N–H and O–H groups in total. The number of aliphatic hydroxyl groups excluding tert-OH is 1. The number of H-pyrrole nitrogens is 1. The number of benzene rings is 2. The Balaban J connectivity index is 1.17. The Labute approximate surface area is 255 Å². The van der Waals surface area contributed by atoms with E-state index in [0.29, 0.717) is 6.54 Å². The van der Waals surface area contributed by atoms with Crippen molar-refractivity contribution in [1.82, 2.24) is 25.2 Å². The molecule has 1 atom stereocenters. The second kappa shape index (κ2) is 15.3. The summed E-state index contributed by atoms with van der Waals surface area (Å²) in [7, 11) is 4.20. The smallest absolute Gasteiger partial charge is 0.128 e. The van der Waals surface area contributed by atoms with E-state index in [1.54, 1.807) is 0 Å². The maximum absolute atomic E-state index is 10.0. The number of aromatic nitrogens is 3. The van der Waals surface area contributed by atoms with Crippen molar-refractivity contribution in [3.63, 3.8) is 0 Å². The van der Waals surface area contributed by atoms with Gasteiger partial charge in [-0.2, -0.15) is 0 Å². The quantitative estimate of drug-likeness (QED) is 0.156. The van der Waals surface area contributed by atoms with Crippen LogP contribution in [0.5, 0.6) is 0 Å². The van der Waals surface area contributed by atoms with Crippen molar-refractivity contribution in [3.05, 3.63) is 120 Å². The second-order valence-electron chi connectivity index (χ2n) is 11.1. The zero-order valence-corrected chi connectivity index (χ0v) is 25.2. The summed E-state index contributed by atoms with van der Waals surface area (Å²) in [6.07, 6.45) is 6.50. The maximum Gasteiger partial charge on any atom is 0.128 e. The lowest BCUT2D eigenvalue weighted by atomic mass is 10.0. The average Bonchev–Trinajstić information content (AvgIpc) is 3.48. The number of anilines is 2. The van der Waals surface area contributed by atoms with Crippen molar-refractivity contribution in [2.24, 2.45) is 0 Å². The number of nitrogens with zero attached hydrogens (tertiary/aromatic N) is 5. The highest BCUT2D eigenvalue weighted by Gasteiger charge is 2.13. The topological polar surface area (TPSA) is 83.5 Å². The number of pyridine rings is 2. The van der Waals surface area contributed by atoms with E-state index >= 15 is 0 Å². The van der Waals surface area contributed by atoms with Crippen LogP contribution in [0, 0.1) is 0 Å². The maximum atomic E-state index is 10.0. The molecule has 0 unspecified atom stereocenters. The summed E-state index contributed by atoms with van der Waals surface area (Å²) in [5, 5.41) is 14.8. The summed E-state index contributed by atoms with van der Waals surface area (Å²) in [4.78, 5) is 19.2. The molecule has 3 aromatic heterocycles. The van der Waals surface area contributed by atoms with E-state index in [9.17, 15) is 5.11 Å². The largest absolute Gasteiger partial charge is 0.395 e. The van der Waals surface area contributed by atoms with Gasteiger partial charge in [0, 0.05) is 88.9 Å². The molecule has 0 aliphatic heterocycles. The lowest BCUT2D eigenvalue weighted by Crippen LogP contribution is -2.38. The molecule has 0 bridgehead atoms. The minimum absolute atomic E-state index is 0.0124. The minimum Gasteiger partial charge on any atom is -0.395 e. The van der Waals surface area contributed by atoms with Crippen molar-refractivity contribution in [2.75, 3.05) is 56.7 Å². The van der Waals surface area contributed by atoms with Gasteiger partial charge in [0.15, 0.2) is 0 Å². The summed E-state index contributed by atoms with van der Waals surface area (Å²) in [5.41, 5.74) is 4.84. The van der Waals surface area contributed by atoms with Gasteiger partial charge in [-0.05, 0) is 53.4 Å². The van der Waals surface area contributed by atoms with Crippen LogP contribution in [0.1, 0.15) is 16.7 Å². The van der Waals surface area contributed by atoms with Gasteiger partial charge in [0.25, 0.3) is 0 Å². The lowest BCUT2D eigenvalue weighted by molar-refractivity contribution is 0.241. The monoisotopic (exact) mass is 577 g/mol. The molecule has 2 aromatic carbocycles. The third-order valence-corrected chi connectivity index (χ3v) is 7.97. The number of fused-ring (bicyclic) bond motifs is 1. The molecule has 0 aliphatic rings. The zero-order valence-electron chi connectivity index (χ0n) is 25.2. The number of aliphatic hydroxyl groups is 1. The fourth-order valence-electron chi connectivity index (χ4n) is 5.29. The first-order chi connectivity index (χ1) is 21.1. The van der Waals surface area contributed by atoms with E-state index in [4.69, 9.17) is 0 Å². The van der Waals surface area contributed by atoms with Crippen molar-refractivity contribution < 1.29 is 5.11 Å². The van der Waals surface area contributed by atoms with Crippen LogP contribution in [0.3, 0.4) is 0 Å². The van der Waals surface area contributed by atoms with Crippen LogP contribution in [0.15, 0.2) is 104 Å². The molecular formula is C35H43N7O. The average molecular weight is 578 g/mol. The Morgan fingerprint density at radius 1 is 0.744 bits per heavy atom. The molecule has 0 amide bonds. The van der Waals surface area contributed by atoms with E-state index < -0.39 is 0 Å². The summed E-state index contributed by atoms with van der Waals surface area (Å²) in [6.45, 7) is 5.25. The molecule has 0 spiro atoms. The number of nitrogens with one attached hydrogen (secondary N) is 2. The van der Waals surface area contributed by atoms with Crippen molar-refractivity contribution in [1.29, 1.82) is 0 Å². The van der Waals surface area contributed by atoms with Crippen LogP contribution in [-0.4, -0.2) is 77.9 Å². The normalized spacial score (nSPS) is 12.1. The van der Waals surface area contributed by atoms with E-state index in [2.05, 4.69) is 97.7 Å². The Morgan fingerprint density at radius 2 is 1.35 bits per heavy atom. The van der Waals surface area contributed by atoms with Gasteiger partial charge >= 0.3 is 0 Å². The predicted octanol–water partition coefficient (Wildman–Crippen LogP) is 4.73. The lowest BCUT2D eigenvalue weighted by Gasteiger charge is -2.28. The highest BCUT2D eigenvalue weighted by atomic mass is 16.3. The molecule has 0 fully saturated rings. The standard InChI is InChI=1S/C35H43N7O/c1-40(34-11-5-7-17-36-34)19-21-42(22-20-41(2)35-12-6-8-18-37-35)26-29-15-13-28(14-16-29)24-38-31(27-43)23-30-25-39-33-10-4-3-9-32(30)33/h3-18,25,31,38-39,43H,19-24,26-27H2,1-2H3/t31-/m0/s1. The number of rotatable bonds is 16. The van der Waals surface area contributed by atoms with Gasteiger partial charge in [0.2, 0.25) is 0 Å². The molecule has 3 heterocycles. The number of hydrogen-bond acceptors (Lipinski definition) is 7. The summed E-state index contributed by atoms with van der Waals surface area (Å²) < 4.78 is 0. The Bertz CT molecular complexity index is 1460. The van der Waals surface area contributed by atoms with E-state index in [-0.39, 0.29) is 12.6 Å². The number of hydrogen-bond donors (Lipinski definition) is 3. The van der Waals surface area contributed by atoms with Crippen LogP contribution in [0.4, 0.5) is 11.6 Å². The molecule has 5 rings (SSSR count). The van der Waals surface area contributed by atoms with Crippen LogP contribution in [0.25, 0.3) is 10.9 Å². The molecule has 8 nitrogen and oxygen atoms in total. The Hall–Kier alpha value is -4.24. The minimum atomic E-state index is -0.0124. The van der Waals surface area contributed by atoms with Gasteiger partial charge in [-0.1, -0.05) is 54.6 Å². The van der Waals surface area contributed by atoms with Gasteiger partial charge in [-0.25, -0.2) is 9.97 Å². The van der Waals surface area contributed by atoms with Crippen LogP contribution >= 0.6 is 0 Å². The summed E-state index contributed by atoms with van der Waals surface area (Å²) in [6, 6.07) is 29.2. The van der Waals surface area contributed by atoms with Crippen molar-refractivity contribution in [2.45, 2.75) is 25.6 Å². The fraction of sp³-hybridized carbons (Fsp3) is 0.314. The third-order valence-electron chi connectivity index (χ3n) is 7.97. The van der Waals surface area contributed by atoms with Gasteiger partial charge in [0.1, 0.15) is 11.6 Å². The van der Waals surface area contributed by atoms with Gasteiger partial charge in [0.05, 0.1) is 6.61 Å². The second-order valence-corrected chi connectivity index (χ2v) is 11.1. The molecule has 8 heteroatoms. The van der Waals surface area contributed by atoms with E-state index in [0.717, 1.165) is 56.3 Å². The number of para-hydroxylation sites is 1. The zero-order chi connectivity index (χ0) is 29.9. The SMILES string of the molecule is CN(CCN(CCN(C)c1ccccn1)Cc1ccc(CN[C@H](CO)Cc2c[nH]c3ccccc23)cc1)c1ccccn1. The molecule has 43 heavy (non-hydrogen) atoms. The highest BCUT2D eigenvalue weighted by molar-refractivity contribution is 5.83. The van der Waals surface area contributed by atoms with Gasteiger partial charge < -0.3 is 25.2 Å². The van der Waals surface area contributed by atoms with Crippen molar-refractivity contribution >= 4 is 22.5 Å². The third kappa shape index (κ3) is 8.64. The Morgan fingerprint density at radius 3 is 1.95 bits per heavy atom. The molecule has 0 saturated carbocycles. The molecule has 0 aliphatic carbocycles. The van der Waals surface area contributed by atoms with Crippen LogP contribution < -0.4 is 15.1 Å². The highest BCUT2D eigenvalue weighted by Crippen LogP contribution is 2.19. The molecule has 5 aromatic rings.